The highest BCUT2D eigenvalue weighted by molar-refractivity contribution is 7.92. The minimum Gasteiger partial charge on any atom is -0.345 e. The summed E-state index contributed by atoms with van der Waals surface area (Å²) in [6, 6.07) is 6.18. The molecule has 0 spiro atoms. The van der Waals surface area contributed by atoms with Gasteiger partial charge in [-0.25, -0.2) is 27.2 Å². The molecule has 4 rings (SSSR count). The average molecular weight is 474 g/mol. The molecule has 0 saturated carbocycles. The molecule has 11 heteroatoms. The Balaban J connectivity index is 1.80. The van der Waals surface area contributed by atoms with Crippen LogP contribution in [0.5, 0.6) is 0 Å². The van der Waals surface area contributed by atoms with E-state index < -0.39 is 44.6 Å². The van der Waals surface area contributed by atoms with E-state index in [-0.39, 0.29) is 34.3 Å². The number of H-pyrrole nitrogens is 1. The quantitative estimate of drug-likeness (QED) is 0.305. The molecule has 0 aliphatic carbocycles. The lowest BCUT2D eigenvalue weighted by molar-refractivity contribution is 0.103. The van der Waals surface area contributed by atoms with Crippen LogP contribution in [0.2, 0.25) is 0 Å². The van der Waals surface area contributed by atoms with E-state index >= 15 is 4.39 Å². The summed E-state index contributed by atoms with van der Waals surface area (Å²) >= 11 is 0. The van der Waals surface area contributed by atoms with Crippen molar-refractivity contribution in [3.05, 3.63) is 77.6 Å². The summed E-state index contributed by atoms with van der Waals surface area (Å²) in [4.78, 5) is 23.6. The molecule has 33 heavy (non-hydrogen) atoms. The van der Waals surface area contributed by atoms with Gasteiger partial charge in [-0.05, 0) is 36.8 Å². The third kappa shape index (κ3) is 4.31. The molecule has 1 aromatic carbocycles. The van der Waals surface area contributed by atoms with Gasteiger partial charge in [0.1, 0.15) is 11.5 Å². The van der Waals surface area contributed by atoms with Crippen molar-refractivity contribution in [2.75, 3.05) is 10.5 Å². The molecule has 170 valence electrons. The van der Waals surface area contributed by atoms with Crippen LogP contribution in [0.3, 0.4) is 0 Å². The zero-order chi connectivity index (χ0) is 23.8. The van der Waals surface area contributed by atoms with Crippen LogP contribution in [0.15, 0.2) is 48.9 Å². The molecule has 0 radical (unpaired) electrons. The largest absolute Gasteiger partial charge is 0.345 e. The highest BCUT2D eigenvalue weighted by Gasteiger charge is 2.26. The van der Waals surface area contributed by atoms with Crippen LogP contribution in [0.1, 0.15) is 29.3 Å². The summed E-state index contributed by atoms with van der Waals surface area (Å²) in [6.45, 7) is 1.63. The number of ketones is 1. The number of carbonyl (C=O) groups is 1. The fourth-order valence-electron chi connectivity index (χ4n) is 3.40. The standard InChI is InChI=1S/C22H17F3N4O3S/c1-2-8-33(31,32)29-17-6-5-16(23)18(19(17)24)20(30)15-11-28-22-14(15)9-12(10-27-22)13-4-3-7-26-21(13)25/h3-7,9-11,29H,2,8H2,1H3,(H,27,28). The number of hydrogen-bond acceptors (Lipinski definition) is 5. The molecule has 4 aromatic rings. The van der Waals surface area contributed by atoms with Crippen molar-refractivity contribution in [3.8, 4) is 11.1 Å². The monoisotopic (exact) mass is 474 g/mol. The topological polar surface area (TPSA) is 105 Å². The molecule has 0 saturated heterocycles. The van der Waals surface area contributed by atoms with E-state index in [1.165, 1.54) is 36.8 Å². The molecule has 0 fully saturated rings. The number of aromatic nitrogens is 3. The van der Waals surface area contributed by atoms with Gasteiger partial charge in [-0.2, -0.15) is 4.39 Å². The number of aromatic amines is 1. The Morgan fingerprint density at radius 2 is 1.94 bits per heavy atom. The van der Waals surface area contributed by atoms with E-state index in [9.17, 15) is 22.0 Å². The minimum absolute atomic E-state index is 0.116. The van der Waals surface area contributed by atoms with Crippen molar-refractivity contribution in [1.82, 2.24) is 15.0 Å². The molecule has 7 nitrogen and oxygen atoms in total. The Hall–Kier alpha value is -3.73. The first-order valence-electron chi connectivity index (χ1n) is 9.83. The zero-order valence-electron chi connectivity index (χ0n) is 17.2. The number of benzene rings is 1. The molecule has 3 heterocycles. The molecule has 2 N–H and O–H groups in total. The molecule has 0 atom stereocenters. The summed E-state index contributed by atoms with van der Waals surface area (Å²) in [5.41, 5.74) is -0.892. The van der Waals surface area contributed by atoms with E-state index in [1.807, 2.05) is 4.72 Å². The summed E-state index contributed by atoms with van der Waals surface area (Å²) in [6.07, 6.45) is 4.17. The summed E-state index contributed by atoms with van der Waals surface area (Å²) < 4.78 is 69.8. The normalized spacial score (nSPS) is 11.6. The van der Waals surface area contributed by atoms with Gasteiger partial charge in [0.05, 0.1) is 17.0 Å². The third-order valence-corrected chi connectivity index (χ3v) is 6.38. The molecular weight excluding hydrogens is 457 g/mol. The third-order valence-electron chi connectivity index (χ3n) is 4.90. The lowest BCUT2D eigenvalue weighted by Crippen LogP contribution is -2.18. The zero-order valence-corrected chi connectivity index (χ0v) is 18.0. The molecule has 0 amide bonds. The van der Waals surface area contributed by atoms with Crippen molar-refractivity contribution < 1.29 is 26.4 Å². The SMILES string of the molecule is CCCS(=O)(=O)Nc1ccc(F)c(C(=O)c2c[nH]c3ncc(-c4cccnc4F)cc23)c1F. The van der Waals surface area contributed by atoms with Gasteiger partial charge in [-0.3, -0.25) is 9.52 Å². The maximum Gasteiger partial charge on any atom is 0.232 e. The van der Waals surface area contributed by atoms with Gasteiger partial charge in [-0.1, -0.05) is 6.92 Å². The van der Waals surface area contributed by atoms with E-state index in [0.29, 0.717) is 5.56 Å². The molecular formula is C22H17F3N4O3S. The number of nitrogens with zero attached hydrogens (tertiary/aromatic N) is 2. The van der Waals surface area contributed by atoms with Crippen molar-refractivity contribution >= 4 is 32.5 Å². The fourth-order valence-corrected chi connectivity index (χ4v) is 4.53. The van der Waals surface area contributed by atoms with Crippen LogP contribution in [0.4, 0.5) is 18.9 Å². The molecule has 0 unspecified atom stereocenters. The van der Waals surface area contributed by atoms with Gasteiger partial charge in [0, 0.05) is 40.7 Å². The Morgan fingerprint density at radius 3 is 2.67 bits per heavy atom. The molecule has 0 aliphatic heterocycles. The highest BCUT2D eigenvalue weighted by atomic mass is 32.2. The second kappa shape index (κ2) is 8.66. The second-order valence-electron chi connectivity index (χ2n) is 7.20. The highest BCUT2D eigenvalue weighted by Crippen LogP contribution is 2.30. The number of carbonyl (C=O) groups excluding carboxylic acids is 1. The maximum atomic E-state index is 15.1. The van der Waals surface area contributed by atoms with Crippen molar-refractivity contribution in [3.63, 3.8) is 0 Å². The Morgan fingerprint density at radius 1 is 1.15 bits per heavy atom. The van der Waals surface area contributed by atoms with Gasteiger partial charge < -0.3 is 4.98 Å². The summed E-state index contributed by atoms with van der Waals surface area (Å²) in [5.74, 6) is -4.54. The number of hydrogen-bond donors (Lipinski definition) is 2. The minimum atomic E-state index is -3.87. The van der Waals surface area contributed by atoms with Crippen molar-refractivity contribution in [2.45, 2.75) is 13.3 Å². The van der Waals surface area contributed by atoms with Gasteiger partial charge in [0.25, 0.3) is 0 Å². The lowest BCUT2D eigenvalue weighted by Gasteiger charge is -2.11. The summed E-state index contributed by atoms with van der Waals surface area (Å²) in [7, 11) is -3.87. The number of sulfonamides is 1. The first-order chi connectivity index (χ1) is 15.7. The van der Waals surface area contributed by atoms with Gasteiger partial charge in [0.15, 0.2) is 5.82 Å². The number of nitrogens with one attached hydrogen (secondary N) is 2. The summed E-state index contributed by atoms with van der Waals surface area (Å²) in [5, 5.41) is 0.205. The fraction of sp³-hybridized carbons (Fsp3) is 0.136. The van der Waals surface area contributed by atoms with Crippen LogP contribution in [0, 0.1) is 17.6 Å². The van der Waals surface area contributed by atoms with Gasteiger partial charge in [-0.15, -0.1) is 0 Å². The number of halogens is 3. The maximum absolute atomic E-state index is 15.1. The van der Waals surface area contributed by atoms with Gasteiger partial charge in [0.2, 0.25) is 21.8 Å². The van der Waals surface area contributed by atoms with Crippen LogP contribution >= 0.6 is 0 Å². The van der Waals surface area contributed by atoms with Crippen LogP contribution in [0.25, 0.3) is 22.2 Å². The molecule has 0 bridgehead atoms. The van der Waals surface area contributed by atoms with Crippen LogP contribution < -0.4 is 4.72 Å². The number of fused-ring (bicyclic) bond motifs is 1. The average Bonchev–Trinajstić information content (AvgIpc) is 3.19. The van der Waals surface area contributed by atoms with E-state index in [0.717, 1.165) is 12.1 Å². The molecule has 0 aliphatic rings. The van der Waals surface area contributed by atoms with Crippen LogP contribution in [-0.4, -0.2) is 34.9 Å². The van der Waals surface area contributed by atoms with E-state index in [4.69, 9.17) is 0 Å². The Labute approximate surface area is 186 Å². The van der Waals surface area contributed by atoms with Crippen LogP contribution in [-0.2, 0) is 10.0 Å². The smallest absolute Gasteiger partial charge is 0.232 e. The second-order valence-corrected chi connectivity index (χ2v) is 9.04. The van der Waals surface area contributed by atoms with Gasteiger partial charge >= 0.3 is 0 Å². The lowest BCUT2D eigenvalue weighted by atomic mass is 10.00. The Bertz CT molecular complexity index is 1490. The Kier molecular flexibility index (Phi) is 5.90. The number of anilines is 1. The predicted molar refractivity (Wildman–Crippen MR) is 117 cm³/mol. The van der Waals surface area contributed by atoms with Crippen molar-refractivity contribution in [2.24, 2.45) is 0 Å². The number of rotatable bonds is 7. The predicted octanol–water partition coefficient (Wildman–Crippen LogP) is 4.42. The van der Waals surface area contributed by atoms with Crippen molar-refractivity contribution in [1.29, 1.82) is 0 Å². The van der Waals surface area contributed by atoms with E-state index in [2.05, 4.69) is 15.0 Å². The number of pyridine rings is 2. The first kappa shape index (κ1) is 22.5. The molecule has 3 aromatic heterocycles. The van der Waals surface area contributed by atoms with E-state index in [1.54, 1.807) is 6.92 Å². The first-order valence-corrected chi connectivity index (χ1v) is 11.5.